The number of carbonyl (C=O) groups is 3. The minimum Gasteiger partial charge on any atom is -0.489 e. The van der Waals surface area contributed by atoms with Gasteiger partial charge >= 0.3 is 6.09 Å². The summed E-state index contributed by atoms with van der Waals surface area (Å²) in [7, 11) is 0. The molecule has 1 heterocycles. The largest absolute Gasteiger partial charge is 0.489 e. The van der Waals surface area contributed by atoms with Gasteiger partial charge in [0, 0.05) is 12.1 Å². The molecule has 0 bridgehead atoms. The second-order valence-corrected chi connectivity index (χ2v) is 9.25. The summed E-state index contributed by atoms with van der Waals surface area (Å²) in [6.07, 6.45) is -1.29. The highest BCUT2D eigenvalue weighted by Crippen LogP contribution is 2.17. The Morgan fingerprint density at radius 1 is 1.03 bits per heavy atom. The lowest BCUT2D eigenvalue weighted by Crippen LogP contribution is -2.51. The maximum absolute atomic E-state index is 13.1. The molecule has 0 radical (unpaired) electrons. The van der Waals surface area contributed by atoms with E-state index < -0.39 is 18.4 Å². The fraction of sp³-hybridized carbons (Fsp3) is 0.423. The summed E-state index contributed by atoms with van der Waals surface area (Å²) < 4.78 is 11.0. The van der Waals surface area contributed by atoms with Crippen LogP contribution in [-0.2, 0) is 16.1 Å². The second-order valence-electron chi connectivity index (χ2n) is 9.25. The van der Waals surface area contributed by atoms with Gasteiger partial charge in [0.2, 0.25) is 12.0 Å². The number of hydrogen-bond acceptors (Lipinski definition) is 6. The predicted molar refractivity (Wildman–Crippen MR) is 128 cm³/mol. The molecule has 0 aromatic heterocycles. The van der Waals surface area contributed by atoms with Crippen molar-refractivity contribution in [3.63, 3.8) is 0 Å². The zero-order chi connectivity index (χ0) is 24.7. The molecule has 2 amide bonds. The quantitative estimate of drug-likeness (QED) is 0.520. The Morgan fingerprint density at radius 3 is 2.32 bits per heavy atom. The third-order valence-electron chi connectivity index (χ3n) is 5.24. The van der Waals surface area contributed by atoms with E-state index in [4.69, 9.17) is 9.47 Å². The summed E-state index contributed by atoms with van der Waals surface area (Å²) >= 11 is 0. The van der Waals surface area contributed by atoms with Crippen LogP contribution in [0, 0.1) is 11.8 Å². The summed E-state index contributed by atoms with van der Waals surface area (Å²) in [5.41, 5.74) is 4.28. The molecule has 34 heavy (non-hydrogen) atoms. The fourth-order valence-corrected chi connectivity index (χ4v) is 3.58. The Bertz CT molecular complexity index is 976. The Labute approximate surface area is 200 Å². The van der Waals surface area contributed by atoms with Crippen LogP contribution >= 0.6 is 0 Å². The van der Waals surface area contributed by atoms with Gasteiger partial charge < -0.3 is 14.8 Å². The van der Waals surface area contributed by atoms with Crippen molar-refractivity contribution in [2.24, 2.45) is 11.8 Å². The molecule has 2 N–H and O–H groups in total. The van der Waals surface area contributed by atoms with Crippen LogP contribution in [0.2, 0.25) is 0 Å². The van der Waals surface area contributed by atoms with Crippen LogP contribution in [0.3, 0.4) is 0 Å². The molecule has 0 aliphatic carbocycles. The highest BCUT2D eigenvalue weighted by molar-refractivity contribution is 5.99. The van der Waals surface area contributed by atoms with Crippen LogP contribution in [0.25, 0.3) is 0 Å². The first kappa shape index (κ1) is 25.2. The average molecular weight is 468 g/mol. The number of Topliss-reactive ketones (excluding diaryl/α,β-unsaturated/α-hetero) is 1. The van der Waals surface area contributed by atoms with Crippen molar-refractivity contribution in [1.29, 1.82) is 0 Å². The highest BCUT2D eigenvalue weighted by Gasteiger charge is 2.39. The first-order chi connectivity index (χ1) is 16.2. The normalized spacial score (nSPS) is 16.5. The molecule has 1 aliphatic rings. The van der Waals surface area contributed by atoms with Crippen molar-refractivity contribution >= 4 is 17.8 Å². The number of hydrogen-bond donors (Lipinski definition) is 2. The Kier molecular flexibility index (Phi) is 8.65. The molecule has 8 nitrogen and oxygen atoms in total. The molecule has 0 spiro atoms. The van der Waals surface area contributed by atoms with E-state index in [1.54, 1.807) is 24.3 Å². The number of hydrazine groups is 1. The van der Waals surface area contributed by atoms with E-state index in [1.807, 2.05) is 58.0 Å². The molecule has 3 rings (SSSR count). The van der Waals surface area contributed by atoms with Crippen LogP contribution < -0.4 is 15.5 Å². The lowest BCUT2D eigenvalue weighted by molar-refractivity contribution is -0.129. The first-order valence-electron chi connectivity index (χ1n) is 11.6. The van der Waals surface area contributed by atoms with Crippen LogP contribution in [0.1, 0.15) is 50.0 Å². The molecule has 0 saturated carbocycles. The third kappa shape index (κ3) is 7.05. The van der Waals surface area contributed by atoms with Gasteiger partial charge in [-0.25, -0.2) is 9.80 Å². The number of ketones is 1. The van der Waals surface area contributed by atoms with Gasteiger partial charge in [-0.15, -0.1) is 0 Å². The SMILES string of the molecule is CC(C)CC(NC(=O)c1ccc(OCc2ccccc2)cc1)C(=O)C1NN(CC(C)C)C(=O)O1. The van der Waals surface area contributed by atoms with Crippen molar-refractivity contribution in [2.45, 2.75) is 53.0 Å². The van der Waals surface area contributed by atoms with Crippen LogP contribution in [0.15, 0.2) is 54.6 Å². The van der Waals surface area contributed by atoms with Gasteiger partial charge in [0.25, 0.3) is 5.91 Å². The number of ether oxygens (including phenoxy) is 2. The minimum atomic E-state index is -1.12. The second kappa shape index (κ2) is 11.7. The molecular formula is C26H33N3O5. The van der Waals surface area contributed by atoms with Gasteiger partial charge in [0.1, 0.15) is 12.4 Å². The molecule has 8 heteroatoms. The Balaban J connectivity index is 1.61. The van der Waals surface area contributed by atoms with E-state index in [0.717, 1.165) is 5.56 Å². The van der Waals surface area contributed by atoms with Crippen LogP contribution in [0.5, 0.6) is 5.75 Å². The zero-order valence-electron chi connectivity index (χ0n) is 20.1. The van der Waals surface area contributed by atoms with Crippen LogP contribution in [0.4, 0.5) is 4.79 Å². The van der Waals surface area contributed by atoms with E-state index in [9.17, 15) is 14.4 Å². The van der Waals surface area contributed by atoms with Gasteiger partial charge in [-0.05, 0) is 48.1 Å². The molecule has 2 aromatic carbocycles. The smallest absolute Gasteiger partial charge is 0.426 e. The van der Waals surface area contributed by atoms with Crippen molar-refractivity contribution in [3.05, 3.63) is 65.7 Å². The van der Waals surface area contributed by atoms with Crippen LogP contribution in [-0.4, -0.2) is 41.6 Å². The first-order valence-corrected chi connectivity index (χ1v) is 11.6. The van der Waals surface area contributed by atoms with Gasteiger partial charge in [-0.3, -0.25) is 9.59 Å². The van der Waals surface area contributed by atoms with Gasteiger partial charge in [0.05, 0.1) is 6.04 Å². The number of carbonyl (C=O) groups excluding carboxylic acids is 3. The van der Waals surface area contributed by atoms with E-state index in [2.05, 4.69) is 10.7 Å². The highest BCUT2D eigenvalue weighted by atomic mass is 16.6. The number of benzene rings is 2. The maximum atomic E-state index is 13.1. The lowest BCUT2D eigenvalue weighted by atomic mass is 9.99. The summed E-state index contributed by atoms with van der Waals surface area (Å²) in [6, 6.07) is 15.8. The fourth-order valence-electron chi connectivity index (χ4n) is 3.58. The molecule has 2 atom stereocenters. The number of amides is 2. The van der Waals surface area contributed by atoms with E-state index in [-0.39, 0.29) is 23.5 Å². The summed E-state index contributed by atoms with van der Waals surface area (Å²) in [4.78, 5) is 38.1. The monoisotopic (exact) mass is 467 g/mol. The molecule has 1 aliphatic heterocycles. The van der Waals surface area contributed by atoms with Crippen molar-refractivity contribution in [3.8, 4) is 5.75 Å². The molecule has 1 saturated heterocycles. The molecular weight excluding hydrogens is 434 g/mol. The Hall–Kier alpha value is -3.39. The Morgan fingerprint density at radius 2 is 1.71 bits per heavy atom. The number of rotatable bonds is 11. The number of nitrogens with zero attached hydrogens (tertiary/aromatic N) is 1. The predicted octanol–water partition coefficient (Wildman–Crippen LogP) is 3.92. The minimum absolute atomic E-state index is 0.145. The lowest BCUT2D eigenvalue weighted by Gasteiger charge is -2.22. The topological polar surface area (TPSA) is 97.0 Å². The van der Waals surface area contributed by atoms with Gasteiger partial charge in [-0.2, -0.15) is 5.43 Å². The standard InChI is InChI=1S/C26H33N3O5/c1-17(2)14-22(23(30)25-28-29(15-18(3)4)26(32)34-25)27-24(31)20-10-12-21(13-11-20)33-16-19-8-6-5-7-9-19/h5-13,17-18,22,25,28H,14-16H2,1-4H3,(H,27,31). The van der Waals surface area contributed by atoms with Gasteiger partial charge in [-0.1, -0.05) is 58.0 Å². The molecule has 2 aromatic rings. The maximum Gasteiger partial charge on any atom is 0.426 e. The number of nitrogens with one attached hydrogen (secondary N) is 2. The third-order valence-corrected chi connectivity index (χ3v) is 5.24. The number of cyclic esters (lactones) is 1. The van der Waals surface area contributed by atoms with Crippen molar-refractivity contribution in [2.75, 3.05) is 6.54 Å². The zero-order valence-corrected chi connectivity index (χ0v) is 20.1. The molecule has 2 unspecified atom stereocenters. The molecule has 1 fully saturated rings. The van der Waals surface area contributed by atoms with E-state index >= 15 is 0 Å². The van der Waals surface area contributed by atoms with E-state index in [1.165, 1.54) is 5.01 Å². The summed E-state index contributed by atoms with van der Waals surface area (Å²) in [5.74, 6) is 0.232. The van der Waals surface area contributed by atoms with E-state index in [0.29, 0.717) is 30.9 Å². The van der Waals surface area contributed by atoms with Gasteiger partial charge in [0.15, 0.2) is 0 Å². The van der Waals surface area contributed by atoms with Crippen molar-refractivity contribution in [1.82, 2.24) is 15.8 Å². The summed E-state index contributed by atoms with van der Waals surface area (Å²) in [6.45, 7) is 8.70. The van der Waals surface area contributed by atoms with Crippen molar-refractivity contribution < 1.29 is 23.9 Å². The summed E-state index contributed by atoms with van der Waals surface area (Å²) in [5, 5.41) is 4.11. The molecule has 182 valence electrons. The average Bonchev–Trinajstić information content (AvgIpc) is 3.16.